The maximum Gasteiger partial charge on any atom is -0.0328 e. The highest BCUT2D eigenvalue weighted by Crippen LogP contribution is 2.09. The lowest BCUT2D eigenvalue weighted by atomic mass is 10.1. The van der Waals surface area contributed by atoms with Crippen LogP contribution in [0, 0.1) is 0 Å². The van der Waals surface area contributed by atoms with Gasteiger partial charge >= 0.3 is 0 Å². The highest BCUT2D eigenvalue weighted by molar-refractivity contribution is 5.00. The summed E-state index contributed by atoms with van der Waals surface area (Å²) < 4.78 is 0. The fourth-order valence-corrected chi connectivity index (χ4v) is 0.262. The number of allylic oxidation sites excluding steroid dienone is 2. The summed E-state index contributed by atoms with van der Waals surface area (Å²) in [6, 6.07) is 0. The molecule has 1 rings (SSSR count). The van der Waals surface area contributed by atoms with Gasteiger partial charge in [-0.15, -0.1) is 5.76 Å². The minimum absolute atomic E-state index is 0.310. The lowest BCUT2D eigenvalue weighted by Crippen LogP contribution is -2.08. The average molecular weight is 69.1 g/mol. The minimum Gasteiger partial charge on any atom is -0.876 e. The standard InChI is InChI=1S/C4H6O/c5-4-2-1-3-4/h2,5H,1,3H2/p-1. The van der Waals surface area contributed by atoms with Gasteiger partial charge in [0.2, 0.25) is 0 Å². The SMILES string of the molecule is [O-]C1=CCC1. The van der Waals surface area contributed by atoms with E-state index >= 15 is 0 Å². The molecule has 0 heterocycles. The van der Waals surface area contributed by atoms with Gasteiger partial charge in [0.25, 0.3) is 0 Å². The van der Waals surface area contributed by atoms with Crippen LogP contribution in [0.3, 0.4) is 0 Å². The van der Waals surface area contributed by atoms with Crippen molar-refractivity contribution in [2.24, 2.45) is 0 Å². The predicted molar refractivity (Wildman–Crippen MR) is 17.3 cm³/mol. The fraction of sp³-hybridized carbons (Fsp3) is 0.500. The zero-order valence-corrected chi connectivity index (χ0v) is 2.90. The van der Waals surface area contributed by atoms with Gasteiger partial charge in [0.1, 0.15) is 0 Å². The molecule has 0 bridgehead atoms. The lowest BCUT2D eigenvalue weighted by Gasteiger charge is -2.17. The van der Waals surface area contributed by atoms with Gasteiger partial charge in [-0.05, 0) is 12.8 Å². The van der Waals surface area contributed by atoms with E-state index in [1.54, 1.807) is 6.08 Å². The molecular formula is C4H5O-. The second-order valence-corrected chi connectivity index (χ2v) is 1.21. The van der Waals surface area contributed by atoms with Crippen LogP contribution in [0.25, 0.3) is 0 Å². The van der Waals surface area contributed by atoms with E-state index in [1.165, 1.54) is 0 Å². The zero-order valence-electron chi connectivity index (χ0n) is 2.90. The summed E-state index contributed by atoms with van der Waals surface area (Å²) in [5, 5.41) is 9.84. The van der Waals surface area contributed by atoms with Crippen LogP contribution in [-0.2, 0) is 0 Å². The van der Waals surface area contributed by atoms with E-state index in [0.717, 1.165) is 12.8 Å². The molecule has 0 aliphatic heterocycles. The normalized spacial score (nSPS) is 20.4. The van der Waals surface area contributed by atoms with Crippen LogP contribution in [0.15, 0.2) is 11.8 Å². The largest absolute Gasteiger partial charge is 0.876 e. The molecular weight excluding hydrogens is 64.0 g/mol. The summed E-state index contributed by atoms with van der Waals surface area (Å²) in [6.07, 6.45) is 3.51. The molecule has 1 heteroatoms. The van der Waals surface area contributed by atoms with E-state index < -0.39 is 0 Å². The van der Waals surface area contributed by atoms with E-state index in [1.807, 2.05) is 0 Å². The topological polar surface area (TPSA) is 23.1 Å². The molecule has 0 unspecified atom stereocenters. The van der Waals surface area contributed by atoms with Crippen molar-refractivity contribution in [3.63, 3.8) is 0 Å². The van der Waals surface area contributed by atoms with Crippen LogP contribution in [0.2, 0.25) is 0 Å². The molecule has 0 aromatic rings. The van der Waals surface area contributed by atoms with Crippen molar-refractivity contribution in [2.45, 2.75) is 12.8 Å². The highest BCUT2D eigenvalue weighted by Gasteiger charge is 1.88. The van der Waals surface area contributed by atoms with Gasteiger partial charge in [-0.1, -0.05) is 6.08 Å². The summed E-state index contributed by atoms with van der Waals surface area (Å²) in [6.45, 7) is 0. The van der Waals surface area contributed by atoms with Gasteiger partial charge < -0.3 is 5.11 Å². The summed E-state index contributed by atoms with van der Waals surface area (Å²) >= 11 is 0. The third-order valence-electron chi connectivity index (χ3n) is 0.763. The first kappa shape index (κ1) is 2.76. The first-order valence-electron chi connectivity index (χ1n) is 1.75. The Kier molecular flexibility index (Phi) is 0.411. The molecule has 0 aromatic heterocycles. The van der Waals surface area contributed by atoms with E-state index in [4.69, 9.17) is 0 Å². The van der Waals surface area contributed by atoms with Gasteiger partial charge in [-0.3, -0.25) is 0 Å². The number of rotatable bonds is 0. The Bertz CT molecular complexity index is 64.0. The second-order valence-electron chi connectivity index (χ2n) is 1.21. The Morgan fingerprint density at radius 1 is 1.80 bits per heavy atom. The van der Waals surface area contributed by atoms with E-state index in [-0.39, 0.29) is 0 Å². The third-order valence-corrected chi connectivity index (χ3v) is 0.763. The Balaban J connectivity index is 2.51. The van der Waals surface area contributed by atoms with Crippen LogP contribution in [-0.4, -0.2) is 0 Å². The summed E-state index contributed by atoms with van der Waals surface area (Å²) in [7, 11) is 0. The first-order valence-corrected chi connectivity index (χ1v) is 1.75. The minimum atomic E-state index is 0.310. The van der Waals surface area contributed by atoms with Gasteiger partial charge in [0, 0.05) is 0 Å². The molecule has 0 atom stereocenters. The van der Waals surface area contributed by atoms with Crippen LogP contribution >= 0.6 is 0 Å². The highest BCUT2D eigenvalue weighted by atomic mass is 16.3. The van der Waals surface area contributed by atoms with Crippen molar-refractivity contribution in [1.82, 2.24) is 0 Å². The van der Waals surface area contributed by atoms with Gasteiger partial charge in [-0.2, -0.15) is 0 Å². The molecule has 1 nitrogen and oxygen atoms in total. The molecule has 0 fully saturated rings. The van der Waals surface area contributed by atoms with Crippen molar-refractivity contribution >= 4 is 0 Å². The maximum absolute atomic E-state index is 9.84. The van der Waals surface area contributed by atoms with Gasteiger partial charge in [-0.25, -0.2) is 0 Å². The Morgan fingerprint density at radius 2 is 2.20 bits per heavy atom. The first-order chi connectivity index (χ1) is 2.39. The fourth-order valence-electron chi connectivity index (χ4n) is 0.262. The molecule has 28 valence electrons. The second kappa shape index (κ2) is 0.744. The van der Waals surface area contributed by atoms with Crippen LogP contribution in [0.1, 0.15) is 12.8 Å². The molecule has 0 saturated carbocycles. The smallest absolute Gasteiger partial charge is 0.0328 e. The molecule has 5 heavy (non-hydrogen) atoms. The van der Waals surface area contributed by atoms with Gasteiger partial charge in [0.05, 0.1) is 0 Å². The van der Waals surface area contributed by atoms with Crippen molar-refractivity contribution < 1.29 is 5.11 Å². The molecule has 0 amide bonds. The Labute approximate surface area is 30.9 Å². The van der Waals surface area contributed by atoms with Crippen molar-refractivity contribution in [3.8, 4) is 0 Å². The van der Waals surface area contributed by atoms with Crippen LogP contribution < -0.4 is 5.11 Å². The predicted octanol–water partition coefficient (Wildman–Crippen LogP) is 0.0244. The van der Waals surface area contributed by atoms with Crippen LogP contribution in [0.5, 0.6) is 0 Å². The Hall–Kier alpha value is -0.460. The molecule has 0 spiro atoms. The van der Waals surface area contributed by atoms with E-state index in [2.05, 4.69) is 0 Å². The van der Waals surface area contributed by atoms with E-state index in [0.29, 0.717) is 5.76 Å². The van der Waals surface area contributed by atoms with Crippen LogP contribution in [0.4, 0.5) is 0 Å². The summed E-state index contributed by atoms with van der Waals surface area (Å²) in [5.41, 5.74) is 0. The molecule has 0 saturated heterocycles. The van der Waals surface area contributed by atoms with Crippen molar-refractivity contribution in [1.29, 1.82) is 0 Å². The molecule has 0 N–H and O–H groups in total. The number of hydrogen-bond acceptors (Lipinski definition) is 1. The van der Waals surface area contributed by atoms with E-state index in [9.17, 15) is 5.11 Å². The Morgan fingerprint density at radius 3 is 2.20 bits per heavy atom. The molecule has 0 aromatic carbocycles. The summed E-state index contributed by atoms with van der Waals surface area (Å²) in [4.78, 5) is 0. The average Bonchev–Trinajstić information content (AvgIpc) is 1.30. The maximum atomic E-state index is 9.84. The summed E-state index contributed by atoms with van der Waals surface area (Å²) in [5.74, 6) is 0.310. The quantitative estimate of drug-likeness (QED) is 0.393. The zero-order chi connectivity index (χ0) is 3.70. The third kappa shape index (κ3) is 0.274. The molecule has 1 aliphatic carbocycles. The van der Waals surface area contributed by atoms with Crippen molar-refractivity contribution in [3.05, 3.63) is 11.8 Å². The van der Waals surface area contributed by atoms with Crippen molar-refractivity contribution in [2.75, 3.05) is 0 Å². The lowest BCUT2D eigenvalue weighted by molar-refractivity contribution is -0.312. The molecule has 1 aliphatic rings. The molecule has 0 radical (unpaired) electrons. The van der Waals surface area contributed by atoms with Gasteiger partial charge in [0.15, 0.2) is 0 Å². The number of hydrogen-bond donors (Lipinski definition) is 0. The monoisotopic (exact) mass is 69.0 g/mol.